The van der Waals surface area contributed by atoms with Crippen LogP contribution in [0.3, 0.4) is 0 Å². The zero-order valence-corrected chi connectivity index (χ0v) is 23.4. The van der Waals surface area contributed by atoms with E-state index in [9.17, 15) is 14.0 Å². The van der Waals surface area contributed by atoms with Gasteiger partial charge in [-0.3, -0.25) is 14.5 Å². The van der Waals surface area contributed by atoms with Crippen molar-refractivity contribution in [3.8, 4) is 5.69 Å². The number of furan rings is 1. The largest absolute Gasteiger partial charge is 0.467 e. The van der Waals surface area contributed by atoms with E-state index in [1.54, 1.807) is 35.0 Å². The first kappa shape index (κ1) is 27.0. The minimum Gasteiger partial charge on any atom is -0.467 e. The Bertz CT molecular complexity index is 1500. The fourth-order valence-corrected chi connectivity index (χ4v) is 5.98. The van der Waals surface area contributed by atoms with Crippen molar-refractivity contribution in [1.29, 1.82) is 0 Å². The molecule has 202 valence electrons. The Kier molecular flexibility index (Phi) is 7.55. The summed E-state index contributed by atoms with van der Waals surface area (Å²) in [5.41, 5.74) is 2.56. The first-order chi connectivity index (χ1) is 18.6. The number of benzene rings is 2. The second-order valence-corrected chi connectivity index (χ2v) is 11.8. The Morgan fingerprint density at radius 2 is 1.90 bits per heavy atom. The number of aromatic nitrogens is 2. The van der Waals surface area contributed by atoms with Gasteiger partial charge in [-0.15, -0.1) is 11.8 Å². The maximum Gasteiger partial charge on any atom is 0.240 e. The number of nitrogens with zero attached hydrogens (tertiary/aromatic N) is 3. The SMILES string of the molecule is CC(C)(C)c1nn(-c2ccccc2Cl)c2c1[C@H](c1ccc(F)cc1)SCC(=O)N2CC(=O)NCc1ccco1. The molecule has 4 aromatic rings. The molecule has 0 unspecified atom stereocenters. The smallest absolute Gasteiger partial charge is 0.240 e. The molecule has 5 rings (SSSR count). The van der Waals surface area contributed by atoms with Crippen molar-refractivity contribution >= 4 is 41.0 Å². The third-order valence-electron chi connectivity index (χ3n) is 6.39. The Labute approximate surface area is 235 Å². The number of anilines is 1. The fourth-order valence-electron chi connectivity index (χ4n) is 4.56. The van der Waals surface area contributed by atoms with Gasteiger partial charge in [0.2, 0.25) is 11.8 Å². The fraction of sp³-hybridized carbons (Fsp3) is 0.276. The summed E-state index contributed by atoms with van der Waals surface area (Å²) in [7, 11) is 0. The van der Waals surface area contributed by atoms with Crippen LogP contribution in [0.4, 0.5) is 10.2 Å². The van der Waals surface area contributed by atoms with Crippen LogP contribution in [0.25, 0.3) is 5.69 Å². The quantitative estimate of drug-likeness (QED) is 0.308. The summed E-state index contributed by atoms with van der Waals surface area (Å²) in [4.78, 5) is 28.3. The Morgan fingerprint density at radius 1 is 1.15 bits per heavy atom. The highest BCUT2D eigenvalue weighted by Gasteiger charge is 2.40. The molecule has 3 heterocycles. The molecule has 0 spiro atoms. The molecule has 1 aliphatic rings. The van der Waals surface area contributed by atoms with Crippen LogP contribution >= 0.6 is 23.4 Å². The Morgan fingerprint density at radius 3 is 2.56 bits per heavy atom. The lowest BCUT2D eigenvalue weighted by Gasteiger charge is -2.24. The highest BCUT2D eigenvalue weighted by molar-refractivity contribution is 8.00. The molecule has 2 amide bonds. The van der Waals surface area contributed by atoms with Crippen LogP contribution in [-0.4, -0.2) is 33.9 Å². The number of hydrogen-bond acceptors (Lipinski definition) is 5. The number of hydrogen-bond donors (Lipinski definition) is 1. The van der Waals surface area contributed by atoms with Crippen LogP contribution < -0.4 is 10.2 Å². The predicted molar refractivity (Wildman–Crippen MR) is 151 cm³/mol. The van der Waals surface area contributed by atoms with Gasteiger partial charge in [0.15, 0.2) is 0 Å². The van der Waals surface area contributed by atoms with Gasteiger partial charge >= 0.3 is 0 Å². The number of rotatable bonds is 6. The van der Waals surface area contributed by atoms with E-state index >= 15 is 0 Å². The molecule has 0 fully saturated rings. The van der Waals surface area contributed by atoms with Gasteiger partial charge in [-0.2, -0.15) is 5.10 Å². The van der Waals surface area contributed by atoms with E-state index in [0.717, 1.165) is 16.8 Å². The van der Waals surface area contributed by atoms with Crippen molar-refractivity contribution in [3.63, 3.8) is 0 Å². The molecule has 1 atom stereocenters. The van der Waals surface area contributed by atoms with E-state index in [1.165, 1.54) is 35.1 Å². The van der Waals surface area contributed by atoms with Crippen LogP contribution in [0.1, 0.15) is 48.6 Å². The summed E-state index contributed by atoms with van der Waals surface area (Å²) in [5.74, 6) is 0.271. The molecule has 10 heteroatoms. The van der Waals surface area contributed by atoms with Crippen LogP contribution in [-0.2, 0) is 21.5 Å². The van der Waals surface area contributed by atoms with Gasteiger partial charge < -0.3 is 9.73 Å². The zero-order valence-electron chi connectivity index (χ0n) is 21.8. The summed E-state index contributed by atoms with van der Waals surface area (Å²) in [6.45, 7) is 6.12. The number of thioether (sulfide) groups is 1. The highest BCUT2D eigenvalue weighted by Crippen LogP contribution is 2.48. The highest BCUT2D eigenvalue weighted by atomic mass is 35.5. The summed E-state index contributed by atoms with van der Waals surface area (Å²) >= 11 is 8.06. The van der Waals surface area contributed by atoms with Gasteiger partial charge in [-0.1, -0.05) is 56.6 Å². The monoisotopic (exact) mass is 566 g/mol. The van der Waals surface area contributed by atoms with Crippen molar-refractivity contribution in [2.75, 3.05) is 17.2 Å². The first-order valence-corrected chi connectivity index (χ1v) is 13.9. The lowest BCUT2D eigenvalue weighted by atomic mass is 9.87. The number of carbonyl (C=O) groups is 2. The van der Waals surface area contributed by atoms with Crippen molar-refractivity contribution in [2.45, 2.75) is 38.0 Å². The van der Waals surface area contributed by atoms with E-state index in [1.807, 2.05) is 39.0 Å². The number of carbonyl (C=O) groups excluding carboxylic acids is 2. The normalized spacial score (nSPS) is 15.7. The van der Waals surface area contributed by atoms with E-state index < -0.39 is 5.41 Å². The number of nitrogens with one attached hydrogen (secondary N) is 1. The maximum absolute atomic E-state index is 13.9. The zero-order chi connectivity index (χ0) is 27.7. The van der Waals surface area contributed by atoms with Gasteiger partial charge in [0, 0.05) is 11.0 Å². The molecule has 2 aromatic carbocycles. The van der Waals surface area contributed by atoms with E-state index in [0.29, 0.717) is 22.3 Å². The van der Waals surface area contributed by atoms with Gasteiger partial charge in [-0.05, 0) is 42.0 Å². The summed E-state index contributed by atoms with van der Waals surface area (Å²) < 4.78 is 20.8. The standard InChI is InChI=1S/C29H28ClFN4O3S/c1-29(2,3)27-25-26(18-10-12-19(31)13-11-18)39-17-24(37)34(16-23(36)32-15-20-7-6-14-38-20)28(25)35(33-27)22-9-5-4-8-21(22)30/h4-14,26H,15-17H2,1-3H3,(H,32,36)/t26-/m0/s1. The van der Waals surface area contributed by atoms with Gasteiger partial charge in [0.25, 0.3) is 0 Å². The van der Waals surface area contributed by atoms with Crippen LogP contribution in [0.15, 0.2) is 71.3 Å². The molecular weight excluding hydrogens is 539 g/mol. The van der Waals surface area contributed by atoms with Gasteiger partial charge in [0.1, 0.15) is 23.9 Å². The average Bonchev–Trinajstić information content (AvgIpc) is 3.53. The molecule has 0 aliphatic carbocycles. The third kappa shape index (κ3) is 5.60. The molecule has 0 saturated carbocycles. The van der Waals surface area contributed by atoms with Crippen LogP contribution in [0.2, 0.25) is 5.02 Å². The second-order valence-electron chi connectivity index (χ2n) is 10.3. The van der Waals surface area contributed by atoms with Crippen molar-refractivity contribution < 1.29 is 18.4 Å². The minimum atomic E-state index is -0.421. The molecule has 2 aromatic heterocycles. The van der Waals surface area contributed by atoms with Crippen molar-refractivity contribution in [1.82, 2.24) is 15.1 Å². The van der Waals surface area contributed by atoms with E-state index in [2.05, 4.69) is 5.32 Å². The maximum atomic E-state index is 13.9. The number of para-hydroxylation sites is 1. The van der Waals surface area contributed by atoms with E-state index in [-0.39, 0.29) is 41.7 Å². The molecule has 1 N–H and O–H groups in total. The van der Waals surface area contributed by atoms with Gasteiger partial charge in [0.05, 0.1) is 40.2 Å². The average molecular weight is 567 g/mol. The Balaban J connectivity index is 1.68. The number of fused-ring (bicyclic) bond motifs is 1. The first-order valence-electron chi connectivity index (χ1n) is 12.5. The summed E-state index contributed by atoms with van der Waals surface area (Å²) in [6.07, 6.45) is 1.54. The second kappa shape index (κ2) is 10.9. The van der Waals surface area contributed by atoms with E-state index in [4.69, 9.17) is 21.1 Å². The molecule has 1 aliphatic heterocycles. The lowest BCUT2D eigenvalue weighted by molar-refractivity contribution is -0.123. The minimum absolute atomic E-state index is 0.119. The predicted octanol–water partition coefficient (Wildman–Crippen LogP) is 6.04. The lowest BCUT2D eigenvalue weighted by Crippen LogP contribution is -2.42. The van der Waals surface area contributed by atoms with Crippen LogP contribution in [0.5, 0.6) is 0 Å². The summed E-state index contributed by atoms with van der Waals surface area (Å²) in [5, 5.41) is 7.97. The van der Waals surface area contributed by atoms with Gasteiger partial charge in [-0.25, -0.2) is 9.07 Å². The van der Waals surface area contributed by atoms with Crippen LogP contribution in [0, 0.1) is 5.82 Å². The van der Waals surface area contributed by atoms with Crippen molar-refractivity contribution in [2.24, 2.45) is 0 Å². The number of halogens is 2. The molecule has 0 saturated heterocycles. The molecular formula is C29H28ClFN4O3S. The topological polar surface area (TPSA) is 80.4 Å². The Hall–Kier alpha value is -3.56. The number of amides is 2. The summed E-state index contributed by atoms with van der Waals surface area (Å²) in [6, 6.07) is 17.0. The molecule has 0 radical (unpaired) electrons. The molecule has 7 nitrogen and oxygen atoms in total. The van der Waals surface area contributed by atoms with Crippen molar-refractivity contribution in [3.05, 3.63) is 100 Å². The molecule has 0 bridgehead atoms. The third-order valence-corrected chi connectivity index (χ3v) is 7.97. The molecule has 39 heavy (non-hydrogen) atoms.